The molecule has 1 atom stereocenters. The number of hydrogen-bond acceptors (Lipinski definition) is 4. The first-order valence-corrected chi connectivity index (χ1v) is 9.98. The smallest absolute Gasteiger partial charge is 0.274 e. The number of rotatable bonds is 6. The number of carbonyl (C=O) groups excluding carboxylic acids is 1. The molecule has 0 spiro atoms. The predicted octanol–water partition coefficient (Wildman–Crippen LogP) is 4.38. The minimum atomic E-state index is -0.269. The van der Waals surface area contributed by atoms with Gasteiger partial charge in [-0.1, -0.05) is 54.6 Å². The average Bonchev–Trinajstić information content (AvgIpc) is 3.25. The van der Waals surface area contributed by atoms with Crippen LogP contribution in [-0.4, -0.2) is 25.9 Å². The Morgan fingerprint density at radius 3 is 2.37 bits per heavy atom. The first-order chi connectivity index (χ1) is 14.7. The minimum Gasteiger partial charge on any atom is -0.344 e. The molecule has 0 saturated carbocycles. The van der Waals surface area contributed by atoms with Gasteiger partial charge in [0.1, 0.15) is 5.69 Å². The molecule has 2 aromatic heterocycles. The number of aryl methyl sites for hydroxylation is 1. The van der Waals surface area contributed by atoms with E-state index in [-0.39, 0.29) is 17.6 Å². The van der Waals surface area contributed by atoms with Crippen LogP contribution in [0.1, 0.15) is 41.5 Å². The number of carbonyl (C=O) groups is 1. The van der Waals surface area contributed by atoms with Crippen LogP contribution in [0.15, 0.2) is 79.1 Å². The molecule has 1 amide bonds. The molecule has 0 aliphatic carbocycles. The molecule has 0 saturated heterocycles. The summed E-state index contributed by atoms with van der Waals surface area (Å²) in [6, 6.07) is 21.5. The van der Waals surface area contributed by atoms with Crippen molar-refractivity contribution in [3.8, 4) is 16.9 Å². The zero-order chi connectivity index (χ0) is 20.9. The van der Waals surface area contributed by atoms with Crippen LogP contribution < -0.4 is 5.32 Å². The van der Waals surface area contributed by atoms with Gasteiger partial charge in [0, 0.05) is 18.0 Å². The number of benzene rings is 2. The van der Waals surface area contributed by atoms with Crippen molar-refractivity contribution in [3.63, 3.8) is 0 Å². The summed E-state index contributed by atoms with van der Waals surface area (Å²) in [5, 5.41) is 11.6. The summed E-state index contributed by atoms with van der Waals surface area (Å²) < 4.78 is 1.71. The van der Waals surface area contributed by atoms with E-state index in [9.17, 15) is 4.79 Å². The van der Waals surface area contributed by atoms with E-state index in [4.69, 9.17) is 0 Å². The molecular formula is C24H23N5O. The second kappa shape index (κ2) is 8.69. The van der Waals surface area contributed by atoms with Gasteiger partial charge in [0.05, 0.1) is 11.7 Å². The standard InChI is InChI=1S/C24H23N5O/c1-3-18-9-11-21(12-10-18)29-23(20-13-15-25-16-14-20)22(27-28-29)24(30)26-17(2)19-7-5-4-6-8-19/h4-17H,3H2,1-2H3,(H,26,30)/t17-/m0/s1. The normalized spacial score (nSPS) is 11.8. The van der Waals surface area contributed by atoms with E-state index >= 15 is 0 Å². The van der Waals surface area contributed by atoms with Crippen molar-refractivity contribution >= 4 is 5.91 Å². The maximum Gasteiger partial charge on any atom is 0.274 e. The van der Waals surface area contributed by atoms with Gasteiger partial charge in [0.25, 0.3) is 5.91 Å². The van der Waals surface area contributed by atoms with Crippen LogP contribution >= 0.6 is 0 Å². The molecule has 30 heavy (non-hydrogen) atoms. The summed E-state index contributed by atoms with van der Waals surface area (Å²) in [6.07, 6.45) is 4.35. The second-order valence-electron chi connectivity index (χ2n) is 7.06. The summed E-state index contributed by atoms with van der Waals surface area (Å²) >= 11 is 0. The molecule has 0 unspecified atom stereocenters. The number of amides is 1. The Hall–Kier alpha value is -3.80. The zero-order valence-corrected chi connectivity index (χ0v) is 17.0. The first kappa shape index (κ1) is 19.5. The summed E-state index contributed by atoms with van der Waals surface area (Å²) in [7, 11) is 0. The minimum absolute atomic E-state index is 0.155. The van der Waals surface area contributed by atoms with Crippen LogP contribution in [0.3, 0.4) is 0 Å². The van der Waals surface area contributed by atoms with Gasteiger partial charge in [-0.3, -0.25) is 9.78 Å². The molecule has 150 valence electrons. The van der Waals surface area contributed by atoms with Crippen LogP contribution in [0.4, 0.5) is 0 Å². The highest BCUT2D eigenvalue weighted by atomic mass is 16.2. The van der Waals surface area contributed by atoms with Crippen molar-refractivity contribution in [2.24, 2.45) is 0 Å². The van der Waals surface area contributed by atoms with E-state index in [0.717, 1.165) is 23.2 Å². The predicted molar refractivity (Wildman–Crippen MR) is 116 cm³/mol. The van der Waals surface area contributed by atoms with Gasteiger partial charge in [-0.25, -0.2) is 4.68 Å². The topological polar surface area (TPSA) is 72.7 Å². The Labute approximate surface area is 175 Å². The molecule has 2 aromatic carbocycles. The SMILES string of the molecule is CCc1ccc(-n2nnc(C(=O)N[C@@H](C)c3ccccc3)c2-c2ccncc2)cc1. The molecule has 0 fully saturated rings. The molecule has 0 radical (unpaired) electrons. The lowest BCUT2D eigenvalue weighted by molar-refractivity contribution is 0.0935. The molecule has 0 bridgehead atoms. The summed E-state index contributed by atoms with van der Waals surface area (Å²) in [6.45, 7) is 4.07. The third kappa shape index (κ3) is 3.98. The Morgan fingerprint density at radius 1 is 1.00 bits per heavy atom. The van der Waals surface area contributed by atoms with E-state index in [2.05, 4.69) is 39.7 Å². The Morgan fingerprint density at radius 2 is 1.70 bits per heavy atom. The number of hydrogen-bond donors (Lipinski definition) is 1. The van der Waals surface area contributed by atoms with E-state index in [0.29, 0.717) is 5.69 Å². The molecular weight excluding hydrogens is 374 g/mol. The van der Waals surface area contributed by atoms with Crippen molar-refractivity contribution in [1.82, 2.24) is 25.3 Å². The monoisotopic (exact) mass is 397 g/mol. The second-order valence-corrected chi connectivity index (χ2v) is 7.06. The van der Waals surface area contributed by atoms with Gasteiger partial charge in [0.15, 0.2) is 5.69 Å². The van der Waals surface area contributed by atoms with Crippen LogP contribution in [0.25, 0.3) is 16.9 Å². The van der Waals surface area contributed by atoms with Crippen molar-refractivity contribution in [1.29, 1.82) is 0 Å². The molecule has 6 heteroatoms. The van der Waals surface area contributed by atoms with E-state index in [1.54, 1.807) is 17.1 Å². The van der Waals surface area contributed by atoms with Crippen molar-refractivity contribution < 1.29 is 4.79 Å². The van der Waals surface area contributed by atoms with Gasteiger partial charge in [-0.15, -0.1) is 5.10 Å². The molecule has 4 aromatic rings. The van der Waals surface area contributed by atoms with Crippen LogP contribution in [0.5, 0.6) is 0 Å². The molecule has 4 rings (SSSR count). The average molecular weight is 397 g/mol. The largest absolute Gasteiger partial charge is 0.344 e. The highest BCUT2D eigenvalue weighted by Crippen LogP contribution is 2.26. The Balaban J connectivity index is 1.72. The number of aromatic nitrogens is 4. The highest BCUT2D eigenvalue weighted by molar-refractivity contribution is 5.98. The van der Waals surface area contributed by atoms with Crippen molar-refractivity contribution in [3.05, 3.63) is 95.9 Å². The van der Waals surface area contributed by atoms with Gasteiger partial charge < -0.3 is 5.32 Å². The van der Waals surface area contributed by atoms with Gasteiger partial charge >= 0.3 is 0 Å². The fraction of sp³-hybridized carbons (Fsp3) is 0.167. The molecule has 0 aliphatic rings. The Bertz CT molecular complexity index is 1120. The lowest BCUT2D eigenvalue weighted by atomic mass is 10.1. The third-order valence-electron chi connectivity index (χ3n) is 5.08. The van der Waals surface area contributed by atoms with Crippen LogP contribution in [0.2, 0.25) is 0 Å². The number of nitrogens with zero attached hydrogens (tertiary/aromatic N) is 4. The van der Waals surface area contributed by atoms with Crippen LogP contribution in [-0.2, 0) is 6.42 Å². The summed E-state index contributed by atoms with van der Waals surface area (Å²) in [5.74, 6) is -0.269. The van der Waals surface area contributed by atoms with E-state index in [1.807, 2.05) is 61.5 Å². The van der Waals surface area contributed by atoms with E-state index in [1.165, 1.54) is 5.56 Å². The molecule has 2 heterocycles. The number of pyridine rings is 1. The fourth-order valence-electron chi connectivity index (χ4n) is 3.35. The number of nitrogens with one attached hydrogen (secondary N) is 1. The lowest BCUT2D eigenvalue weighted by Crippen LogP contribution is -2.27. The van der Waals surface area contributed by atoms with Gasteiger partial charge in [-0.2, -0.15) is 0 Å². The van der Waals surface area contributed by atoms with Crippen molar-refractivity contribution in [2.75, 3.05) is 0 Å². The van der Waals surface area contributed by atoms with Crippen molar-refractivity contribution in [2.45, 2.75) is 26.3 Å². The Kier molecular flexibility index (Phi) is 5.66. The van der Waals surface area contributed by atoms with Gasteiger partial charge in [-0.05, 0) is 48.7 Å². The molecule has 1 N–H and O–H groups in total. The van der Waals surface area contributed by atoms with E-state index < -0.39 is 0 Å². The van der Waals surface area contributed by atoms with Crippen LogP contribution in [0, 0.1) is 0 Å². The maximum atomic E-state index is 13.1. The third-order valence-corrected chi connectivity index (χ3v) is 5.08. The molecule has 6 nitrogen and oxygen atoms in total. The highest BCUT2D eigenvalue weighted by Gasteiger charge is 2.23. The lowest BCUT2D eigenvalue weighted by Gasteiger charge is -2.14. The first-order valence-electron chi connectivity index (χ1n) is 9.98. The zero-order valence-electron chi connectivity index (χ0n) is 17.0. The fourth-order valence-corrected chi connectivity index (χ4v) is 3.35. The quantitative estimate of drug-likeness (QED) is 0.524. The summed E-state index contributed by atoms with van der Waals surface area (Å²) in [5.41, 5.74) is 4.86. The van der Waals surface area contributed by atoms with Gasteiger partial charge in [0.2, 0.25) is 0 Å². The summed E-state index contributed by atoms with van der Waals surface area (Å²) in [4.78, 5) is 17.2. The maximum absolute atomic E-state index is 13.1. The molecule has 0 aliphatic heterocycles.